The number of benzene rings is 1. The maximum atomic E-state index is 12.8. The molecule has 0 aromatic heterocycles. The topological polar surface area (TPSA) is 24.5 Å². The van der Waals surface area contributed by atoms with Crippen molar-refractivity contribution in [2.24, 2.45) is 0 Å². The minimum Gasteiger partial charge on any atom is -0.385 e. The SMILES string of the molecule is CCN(CCNCCCOC)c1ccc(F)cc1. The molecule has 0 bridgehead atoms. The van der Waals surface area contributed by atoms with Crippen LogP contribution in [0.4, 0.5) is 10.1 Å². The summed E-state index contributed by atoms with van der Waals surface area (Å²) < 4.78 is 17.8. The van der Waals surface area contributed by atoms with Gasteiger partial charge in [-0.15, -0.1) is 0 Å². The number of anilines is 1. The van der Waals surface area contributed by atoms with Crippen molar-refractivity contribution in [2.75, 3.05) is 44.8 Å². The van der Waals surface area contributed by atoms with Gasteiger partial charge in [-0.25, -0.2) is 4.39 Å². The molecule has 1 N–H and O–H groups in total. The summed E-state index contributed by atoms with van der Waals surface area (Å²) in [5.41, 5.74) is 1.07. The fourth-order valence-electron chi connectivity index (χ4n) is 1.80. The first-order valence-corrected chi connectivity index (χ1v) is 6.48. The first-order chi connectivity index (χ1) is 8.77. The van der Waals surface area contributed by atoms with Crippen LogP contribution in [0.2, 0.25) is 0 Å². The molecule has 3 nitrogen and oxygen atoms in total. The summed E-state index contributed by atoms with van der Waals surface area (Å²) in [7, 11) is 1.72. The average Bonchev–Trinajstić information content (AvgIpc) is 2.39. The van der Waals surface area contributed by atoms with Crippen molar-refractivity contribution >= 4 is 5.69 Å². The number of halogens is 1. The normalized spacial score (nSPS) is 10.6. The summed E-state index contributed by atoms with van der Waals surface area (Å²) in [4.78, 5) is 2.22. The van der Waals surface area contributed by atoms with Crippen LogP contribution in [-0.2, 0) is 4.74 Å². The Morgan fingerprint density at radius 3 is 2.56 bits per heavy atom. The Hall–Kier alpha value is -1.13. The van der Waals surface area contributed by atoms with Gasteiger partial charge >= 0.3 is 0 Å². The van der Waals surface area contributed by atoms with Gasteiger partial charge in [0.05, 0.1) is 0 Å². The number of hydrogen-bond donors (Lipinski definition) is 1. The van der Waals surface area contributed by atoms with Crippen LogP contribution in [0.25, 0.3) is 0 Å². The minimum absolute atomic E-state index is 0.188. The lowest BCUT2D eigenvalue weighted by Crippen LogP contribution is -2.32. The van der Waals surface area contributed by atoms with E-state index in [-0.39, 0.29) is 5.82 Å². The molecule has 0 radical (unpaired) electrons. The number of methoxy groups -OCH3 is 1. The second-order valence-electron chi connectivity index (χ2n) is 4.15. The Morgan fingerprint density at radius 1 is 1.22 bits per heavy atom. The maximum absolute atomic E-state index is 12.8. The highest BCUT2D eigenvalue weighted by Gasteiger charge is 2.03. The molecule has 18 heavy (non-hydrogen) atoms. The Balaban J connectivity index is 2.27. The van der Waals surface area contributed by atoms with E-state index in [0.29, 0.717) is 0 Å². The molecule has 0 amide bonds. The highest BCUT2D eigenvalue weighted by molar-refractivity contribution is 5.46. The number of nitrogens with zero attached hydrogens (tertiary/aromatic N) is 1. The summed E-state index contributed by atoms with van der Waals surface area (Å²) in [6.45, 7) is 6.64. The van der Waals surface area contributed by atoms with E-state index in [2.05, 4.69) is 17.1 Å². The van der Waals surface area contributed by atoms with Gasteiger partial charge in [-0.05, 0) is 44.2 Å². The second kappa shape index (κ2) is 8.89. The zero-order valence-corrected chi connectivity index (χ0v) is 11.3. The number of rotatable bonds is 9. The molecule has 0 saturated carbocycles. The Morgan fingerprint density at radius 2 is 1.94 bits per heavy atom. The first-order valence-electron chi connectivity index (χ1n) is 6.48. The Labute approximate surface area is 109 Å². The van der Waals surface area contributed by atoms with E-state index >= 15 is 0 Å². The van der Waals surface area contributed by atoms with Gasteiger partial charge < -0.3 is 15.0 Å². The van der Waals surface area contributed by atoms with E-state index in [1.54, 1.807) is 7.11 Å². The molecule has 1 aromatic rings. The largest absolute Gasteiger partial charge is 0.385 e. The monoisotopic (exact) mass is 254 g/mol. The van der Waals surface area contributed by atoms with Gasteiger partial charge in [-0.2, -0.15) is 0 Å². The van der Waals surface area contributed by atoms with Crippen LogP contribution in [-0.4, -0.2) is 39.9 Å². The third-order valence-corrected chi connectivity index (χ3v) is 2.83. The number of ether oxygens (including phenoxy) is 1. The highest BCUT2D eigenvalue weighted by Crippen LogP contribution is 2.13. The van der Waals surface area contributed by atoms with Gasteiger partial charge in [0.2, 0.25) is 0 Å². The lowest BCUT2D eigenvalue weighted by molar-refractivity contribution is 0.194. The van der Waals surface area contributed by atoms with Gasteiger partial charge in [0.15, 0.2) is 0 Å². The summed E-state index contributed by atoms with van der Waals surface area (Å²) >= 11 is 0. The van der Waals surface area contributed by atoms with Crippen LogP contribution in [0, 0.1) is 5.82 Å². The molecule has 0 spiro atoms. The molecule has 1 rings (SSSR count). The molecule has 0 aliphatic heterocycles. The van der Waals surface area contributed by atoms with Gasteiger partial charge in [-0.1, -0.05) is 0 Å². The molecular formula is C14H23FN2O. The molecule has 0 aliphatic rings. The van der Waals surface area contributed by atoms with Crippen LogP contribution in [0.15, 0.2) is 24.3 Å². The summed E-state index contributed by atoms with van der Waals surface area (Å²) in [6.07, 6.45) is 1.03. The average molecular weight is 254 g/mol. The van der Waals surface area contributed by atoms with Gasteiger partial charge in [-0.3, -0.25) is 0 Å². The summed E-state index contributed by atoms with van der Waals surface area (Å²) in [5, 5.41) is 3.37. The molecule has 0 heterocycles. The van der Waals surface area contributed by atoms with Crippen LogP contribution < -0.4 is 10.2 Å². The van der Waals surface area contributed by atoms with E-state index in [9.17, 15) is 4.39 Å². The molecule has 0 fully saturated rings. The van der Waals surface area contributed by atoms with Gasteiger partial charge in [0.25, 0.3) is 0 Å². The Kier molecular flexibility index (Phi) is 7.37. The fourth-order valence-corrected chi connectivity index (χ4v) is 1.80. The molecule has 102 valence electrons. The highest BCUT2D eigenvalue weighted by atomic mass is 19.1. The van der Waals surface area contributed by atoms with Crippen LogP contribution in [0.5, 0.6) is 0 Å². The molecule has 0 unspecified atom stereocenters. The molecule has 0 aliphatic carbocycles. The lowest BCUT2D eigenvalue weighted by Gasteiger charge is -2.23. The van der Waals surface area contributed by atoms with Gasteiger partial charge in [0, 0.05) is 39.0 Å². The van der Waals surface area contributed by atoms with Crippen molar-refractivity contribution in [1.82, 2.24) is 5.32 Å². The third-order valence-electron chi connectivity index (χ3n) is 2.83. The number of likely N-dealkylation sites (N-methyl/N-ethyl adjacent to an activating group) is 1. The fraction of sp³-hybridized carbons (Fsp3) is 0.571. The predicted octanol–water partition coefficient (Wildman–Crippen LogP) is 2.28. The maximum Gasteiger partial charge on any atom is 0.123 e. The quantitative estimate of drug-likeness (QED) is 0.684. The van der Waals surface area contributed by atoms with Gasteiger partial charge in [0.1, 0.15) is 5.82 Å². The summed E-state index contributed by atoms with van der Waals surface area (Å²) in [5.74, 6) is -0.188. The smallest absolute Gasteiger partial charge is 0.123 e. The minimum atomic E-state index is -0.188. The second-order valence-corrected chi connectivity index (χ2v) is 4.15. The molecule has 4 heteroatoms. The van der Waals surface area contributed by atoms with E-state index in [4.69, 9.17) is 4.74 Å². The van der Waals surface area contributed by atoms with Crippen molar-refractivity contribution in [3.8, 4) is 0 Å². The molecular weight excluding hydrogens is 231 g/mol. The van der Waals surface area contributed by atoms with E-state index in [1.807, 2.05) is 12.1 Å². The van der Waals surface area contributed by atoms with Crippen molar-refractivity contribution in [1.29, 1.82) is 0 Å². The number of hydrogen-bond acceptors (Lipinski definition) is 3. The van der Waals surface area contributed by atoms with E-state index in [0.717, 1.165) is 44.9 Å². The summed E-state index contributed by atoms with van der Waals surface area (Å²) in [6, 6.07) is 6.65. The Bertz CT molecular complexity index is 316. The predicted molar refractivity (Wildman–Crippen MR) is 73.6 cm³/mol. The van der Waals surface area contributed by atoms with Crippen molar-refractivity contribution in [3.05, 3.63) is 30.1 Å². The van der Waals surface area contributed by atoms with E-state index in [1.165, 1.54) is 12.1 Å². The standard InChI is InChI=1S/C14H23FN2O/c1-3-17(11-10-16-9-4-12-18-2)14-7-5-13(15)6-8-14/h5-8,16H,3-4,9-12H2,1-2H3. The lowest BCUT2D eigenvalue weighted by atomic mass is 10.2. The van der Waals surface area contributed by atoms with Crippen molar-refractivity contribution in [3.63, 3.8) is 0 Å². The first kappa shape index (κ1) is 14.9. The van der Waals surface area contributed by atoms with Crippen LogP contribution >= 0.6 is 0 Å². The third kappa shape index (κ3) is 5.47. The zero-order chi connectivity index (χ0) is 13.2. The molecule has 0 atom stereocenters. The molecule has 1 aromatic carbocycles. The van der Waals surface area contributed by atoms with Crippen LogP contribution in [0.3, 0.4) is 0 Å². The van der Waals surface area contributed by atoms with Crippen molar-refractivity contribution in [2.45, 2.75) is 13.3 Å². The van der Waals surface area contributed by atoms with Crippen LogP contribution in [0.1, 0.15) is 13.3 Å². The van der Waals surface area contributed by atoms with E-state index < -0.39 is 0 Å². The number of nitrogens with one attached hydrogen (secondary N) is 1. The van der Waals surface area contributed by atoms with Crippen molar-refractivity contribution < 1.29 is 9.13 Å². The molecule has 0 saturated heterocycles. The zero-order valence-electron chi connectivity index (χ0n) is 11.3.